The fourth-order valence-corrected chi connectivity index (χ4v) is 3.22. The molecule has 3 heteroatoms. The Kier molecular flexibility index (Phi) is 4.86. The van der Waals surface area contributed by atoms with E-state index in [0.29, 0.717) is 5.92 Å². The van der Waals surface area contributed by atoms with Crippen molar-refractivity contribution in [2.45, 2.75) is 25.7 Å². The van der Waals surface area contributed by atoms with Crippen molar-refractivity contribution in [2.75, 3.05) is 14.2 Å². The Morgan fingerprint density at radius 1 is 1.16 bits per heavy atom. The molecule has 0 spiro atoms. The van der Waals surface area contributed by atoms with Crippen molar-refractivity contribution in [2.24, 2.45) is 0 Å². The van der Waals surface area contributed by atoms with E-state index in [1.54, 1.807) is 14.2 Å². The van der Waals surface area contributed by atoms with Gasteiger partial charge in [-0.05, 0) is 23.9 Å². The van der Waals surface area contributed by atoms with E-state index < -0.39 is 0 Å². The van der Waals surface area contributed by atoms with Crippen molar-refractivity contribution in [3.05, 3.63) is 46.2 Å². The summed E-state index contributed by atoms with van der Waals surface area (Å²) in [5, 5.41) is 2.13. The summed E-state index contributed by atoms with van der Waals surface area (Å²) in [7, 11) is 3.40. The quantitative estimate of drug-likeness (QED) is 0.761. The molecule has 0 amide bonds. The van der Waals surface area contributed by atoms with Crippen LogP contribution in [0.5, 0.6) is 11.5 Å². The molecule has 0 saturated heterocycles. The summed E-state index contributed by atoms with van der Waals surface area (Å²) in [6.45, 7) is 2.22. The lowest BCUT2D eigenvalue weighted by atomic mass is 9.92. The van der Waals surface area contributed by atoms with E-state index in [1.807, 2.05) is 23.5 Å². The Morgan fingerprint density at radius 3 is 2.58 bits per heavy atom. The average molecular weight is 276 g/mol. The first kappa shape index (κ1) is 13.9. The van der Waals surface area contributed by atoms with Crippen LogP contribution >= 0.6 is 11.3 Å². The molecule has 0 radical (unpaired) electrons. The van der Waals surface area contributed by atoms with Crippen LogP contribution in [0.25, 0.3) is 0 Å². The van der Waals surface area contributed by atoms with Gasteiger partial charge in [0.05, 0.1) is 14.2 Å². The van der Waals surface area contributed by atoms with E-state index in [-0.39, 0.29) is 0 Å². The molecule has 1 unspecified atom stereocenters. The van der Waals surface area contributed by atoms with Gasteiger partial charge >= 0.3 is 0 Å². The van der Waals surface area contributed by atoms with Gasteiger partial charge in [-0.25, -0.2) is 0 Å². The number of thiophene rings is 1. The molecule has 0 aliphatic rings. The van der Waals surface area contributed by atoms with Gasteiger partial charge in [0.15, 0.2) is 0 Å². The molecule has 1 atom stereocenters. The molecule has 1 aromatic carbocycles. The molecule has 1 heterocycles. The summed E-state index contributed by atoms with van der Waals surface area (Å²) < 4.78 is 10.8. The maximum atomic E-state index is 5.54. The van der Waals surface area contributed by atoms with Crippen LogP contribution in [0.2, 0.25) is 0 Å². The topological polar surface area (TPSA) is 18.5 Å². The fraction of sp³-hybridized carbons (Fsp3) is 0.375. The van der Waals surface area contributed by atoms with Crippen molar-refractivity contribution in [1.29, 1.82) is 0 Å². The molecule has 1 aromatic heterocycles. The number of methoxy groups -OCH3 is 2. The fourth-order valence-electron chi connectivity index (χ4n) is 2.34. The zero-order valence-corrected chi connectivity index (χ0v) is 12.5. The minimum absolute atomic E-state index is 0.408. The number of hydrogen-bond donors (Lipinski definition) is 0. The molecule has 0 bridgehead atoms. The zero-order chi connectivity index (χ0) is 13.7. The smallest absolute Gasteiger partial charge is 0.126 e. The third-order valence-electron chi connectivity index (χ3n) is 3.28. The third-order valence-corrected chi connectivity index (χ3v) is 4.27. The standard InChI is InChI=1S/C16H20O2S/c1-4-6-14(16-7-5-10-19-16)13-9-8-12(17-2)11-15(13)18-3/h5,7-11,14H,4,6H2,1-3H3. The first-order chi connectivity index (χ1) is 9.30. The Morgan fingerprint density at radius 2 is 2.00 bits per heavy atom. The van der Waals surface area contributed by atoms with Gasteiger partial charge in [0.2, 0.25) is 0 Å². The summed E-state index contributed by atoms with van der Waals surface area (Å²) in [4.78, 5) is 1.39. The van der Waals surface area contributed by atoms with Gasteiger partial charge in [-0.1, -0.05) is 25.5 Å². The molecule has 0 aliphatic heterocycles. The molecular formula is C16H20O2S. The number of benzene rings is 1. The highest BCUT2D eigenvalue weighted by Gasteiger charge is 2.19. The van der Waals surface area contributed by atoms with Crippen molar-refractivity contribution in [3.8, 4) is 11.5 Å². The van der Waals surface area contributed by atoms with Crippen molar-refractivity contribution in [3.63, 3.8) is 0 Å². The molecule has 2 aromatic rings. The van der Waals surface area contributed by atoms with Gasteiger partial charge in [-0.2, -0.15) is 0 Å². The first-order valence-electron chi connectivity index (χ1n) is 6.55. The molecule has 0 N–H and O–H groups in total. The van der Waals surface area contributed by atoms with Crippen LogP contribution in [0.4, 0.5) is 0 Å². The summed E-state index contributed by atoms with van der Waals surface area (Å²) in [5.41, 5.74) is 1.24. The van der Waals surface area contributed by atoms with E-state index >= 15 is 0 Å². The lowest BCUT2D eigenvalue weighted by Gasteiger charge is -2.19. The summed E-state index contributed by atoms with van der Waals surface area (Å²) in [6.07, 6.45) is 2.28. The Labute approximate surface area is 119 Å². The van der Waals surface area contributed by atoms with Crippen molar-refractivity contribution >= 4 is 11.3 Å². The second-order valence-electron chi connectivity index (χ2n) is 4.46. The van der Waals surface area contributed by atoms with Crippen LogP contribution in [0.15, 0.2) is 35.7 Å². The van der Waals surface area contributed by atoms with E-state index in [1.165, 1.54) is 10.4 Å². The van der Waals surface area contributed by atoms with E-state index in [4.69, 9.17) is 9.47 Å². The van der Waals surface area contributed by atoms with Gasteiger partial charge in [0.25, 0.3) is 0 Å². The highest BCUT2D eigenvalue weighted by Crippen LogP contribution is 2.38. The molecule has 0 fully saturated rings. The maximum absolute atomic E-state index is 5.54. The van der Waals surface area contributed by atoms with E-state index in [2.05, 4.69) is 30.5 Å². The SMILES string of the molecule is CCCC(c1cccs1)c1ccc(OC)cc1OC. The minimum Gasteiger partial charge on any atom is -0.497 e. The molecule has 2 rings (SSSR count). The van der Waals surface area contributed by atoms with Crippen LogP contribution in [-0.4, -0.2) is 14.2 Å². The van der Waals surface area contributed by atoms with Crippen LogP contribution < -0.4 is 9.47 Å². The monoisotopic (exact) mass is 276 g/mol. The summed E-state index contributed by atoms with van der Waals surface area (Å²) >= 11 is 1.81. The van der Waals surface area contributed by atoms with Gasteiger partial charge < -0.3 is 9.47 Å². The van der Waals surface area contributed by atoms with Crippen LogP contribution in [0, 0.1) is 0 Å². The number of rotatable bonds is 6. The van der Waals surface area contributed by atoms with Gasteiger partial charge in [-0.3, -0.25) is 0 Å². The van der Waals surface area contributed by atoms with Gasteiger partial charge in [0.1, 0.15) is 11.5 Å². The maximum Gasteiger partial charge on any atom is 0.126 e. The van der Waals surface area contributed by atoms with Crippen LogP contribution in [0.3, 0.4) is 0 Å². The van der Waals surface area contributed by atoms with Crippen molar-refractivity contribution in [1.82, 2.24) is 0 Å². The minimum atomic E-state index is 0.408. The molecule has 0 aliphatic carbocycles. The molecule has 102 valence electrons. The number of hydrogen-bond acceptors (Lipinski definition) is 3. The number of ether oxygens (including phenoxy) is 2. The average Bonchev–Trinajstić information content (AvgIpc) is 2.98. The second-order valence-corrected chi connectivity index (χ2v) is 5.44. The van der Waals surface area contributed by atoms with Gasteiger partial charge in [-0.15, -0.1) is 11.3 Å². The Balaban J connectivity index is 2.41. The molecule has 0 saturated carbocycles. The van der Waals surface area contributed by atoms with E-state index in [0.717, 1.165) is 24.3 Å². The second kappa shape index (κ2) is 6.62. The predicted molar refractivity (Wildman–Crippen MR) is 80.6 cm³/mol. The zero-order valence-electron chi connectivity index (χ0n) is 11.7. The normalized spacial score (nSPS) is 12.2. The molecule has 2 nitrogen and oxygen atoms in total. The Bertz CT molecular complexity index is 505. The molecular weight excluding hydrogens is 256 g/mol. The largest absolute Gasteiger partial charge is 0.497 e. The van der Waals surface area contributed by atoms with E-state index in [9.17, 15) is 0 Å². The van der Waals surface area contributed by atoms with Crippen LogP contribution in [0.1, 0.15) is 36.1 Å². The van der Waals surface area contributed by atoms with Crippen LogP contribution in [-0.2, 0) is 0 Å². The Hall–Kier alpha value is -1.48. The lowest BCUT2D eigenvalue weighted by Crippen LogP contribution is -2.02. The van der Waals surface area contributed by atoms with Crippen molar-refractivity contribution < 1.29 is 9.47 Å². The third kappa shape index (κ3) is 3.10. The first-order valence-corrected chi connectivity index (χ1v) is 7.43. The molecule has 19 heavy (non-hydrogen) atoms. The lowest BCUT2D eigenvalue weighted by molar-refractivity contribution is 0.389. The summed E-state index contributed by atoms with van der Waals surface area (Å²) in [5.74, 6) is 2.15. The summed E-state index contributed by atoms with van der Waals surface area (Å²) in [6, 6.07) is 10.4. The highest BCUT2D eigenvalue weighted by molar-refractivity contribution is 7.10. The highest BCUT2D eigenvalue weighted by atomic mass is 32.1. The van der Waals surface area contributed by atoms with Gasteiger partial charge in [0, 0.05) is 22.4 Å². The predicted octanol–water partition coefficient (Wildman–Crippen LogP) is 4.70.